The number of methoxy groups -OCH3 is 1. The predicted octanol–water partition coefficient (Wildman–Crippen LogP) is 4.07. The number of nitrogens with zero attached hydrogens (tertiary/aromatic N) is 1. The van der Waals surface area contributed by atoms with Crippen LogP contribution in [0.25, 0.3) is 0 Å². The average Bonchev–Trinajstić information content (AvgIpc) is 2.73. The summed E-state index contributed by atoms with van der Waals surface area (Å²) in [4.78, 5) is 39.8. The fourth-order valence-corrected chi connectivity index (χ4v) is 2.66. The molecule has 0 saturated heterocycles. The fourth-order valence-electron chi connectivity index (χ4n) is 2.66. The number of ketones is 1. The van der Waals surface area contributed by atoms with Crippen LogP contribution in [0, 0.1) is 0 Å². The van der Waals surface area contributed by atoms with Gasteiger partial charge in [-0.3, -0.25) is 14.6 Å². The van der Waals surface area contributed by atoms with E-state index in [0.717, 1.165) is 0 Å². The molecule has 0 aliphatic carbocycles. The fraction of sp³-hybridized carbons (Fsp3) is 0.0909. The Morgan fingerprint density at radius 2 is 1.48 bits per heavy atom. The summed E-state index contributed by atoms with van der Waals surface area (Å²) in [7, 11) is 1.32. The van der Waals surface area contributed by atoms with E-state index in [1.807, 2.05) is 0 Å². The lowest BCUT2D eigenvalue weighted by Gasteiger charge is -2.10. The molecule has 0 atom stereocenters. The van der Waals surface area contributed by atoms with Crippen LogP contribution in [-0.2, 0) is 4.74 Å². The summed E-state index contributed by atoms with van der Waals surface area (Å²) in [6, 6.07) is 15.2. The predicted molar refractivity (Wildman–Crippen MR) is 110 cm³/mol. The molecule has 3 rings (SSSR count). The third-order valence-electron chi connectivity index (χ3n) is 4.10. The van der Waals surface area contributed by atoms with Crippen LogP contribution in [0.4, 0.5) is 17.1 Å². The van der Waals surface area contributed by atoms with E-state index in [0.29, 0.717) is 33.8 Å². The van der Waals surface area contributed by atoms with Gasteiger partial charge >= 0.3 is 5.97 Å². The van der Waals surface area contributed by atoms with Gasteiger partial charge in [-0.2, -0.15) is 0 Å². The number of rotatable bonds is 6. The second kappa shape index (κ2) is 8.79. The summed E-state index contributed by atoms with van der Waals surface area (Å²) in [5.74, 6) is -0.874. The van der Waals surface area contributed by atoms with Crippen molar-refractivity contribution in [1.82, 2.24) is 4.98 Å². The highest BCUT2D eigenvalue weighted by molar-refractivity contribution is 6.05. The highest BCUT2D eigenvalue weighted by Crippen LogP contribution is 2.19. The maximum Gasteiger partial charge on any atom is 0.337 e. The van der Waals surface area contributed by atoms with E-state index in [4.69, 9.17) is 4.74 Å². The SMILES string of the molecule is COC(=O)c1cccc(Nc2cncc(C(=O)Nc3cccc(C(C)=O)c3)c2)c1. The number of amides is 1. The standard InChI is InChI=1S/C22H19N3O4/c1-14(26)15-5-3-8-19(9-15)25-21(27)17-11-20(13-23-12-17)24-18-7-4-6-16(10-18)22(28)29-2/h3-13,24H,1-2H3,(H,25,27). The molecule has 146 valence electrons. The van der Waals surface area contributed by atoms with E-state index in [1.54, 1.807) is 60.8 Å². The molecule has 0 aliphatic rings. The molecule has 1 amide bonds. The first kappa shape index (κ1) is 19.8. The van der Waals surface area contributed by atoms with E-state index < -0.39 is 5.97 Å². The molecule has 0 unspecified atom stereocenters. The monoisotopic (exact) mass is 389 g/mol. The number of hydrogen-bond donors (Lipinski definition) is 2. The lowest BCUT2D eigenvalue weighted by Crippen LogP contribution is -2.13. The van der Waals surface area contributed by atoms with Gasteiger partial charge in [0.05, 0.1) is 30.1 Å². The number of pyridine rings is 1. The Morgan fingerprint density at radius 3 is 2.21 bits per heavy atom. The number of hydrogen-bond acceptors (Lipinski definition) is 6. The smallest absolute Gasteiger partial charge is 0.337 e. The van der Waals surface area contributed by atoms with Crippen LogP contribution >= 0.6 is 0 Å². The van der Waals surface area contributed by atoms with Gasteiger partial charge in [-0.1, -0.05) is 18.2 Å². The Bertz CT molecular complexity index is 1080. The van der Waals surface area contributed by atoms with Crippen LogP contribution in [0.3, 0.4) is 0 Å². The Kier molecular flexibility index (Phi) is 5.99. The number of ether oxygens (including phenoxy) is 1. The molecule has 29 heavy (non-hydrogen) atoms. The number of Topliss-reactive ketones (excluding diaryl/α,β-unsaturated/α-hetero) is 1. The normalized spacial score (nSPS) is 10.1. The molecular weight excluding hydrogens is 370 g/mol. The number of carbonyl (C=O) groups is 3. The molecular formula is C22H19N3O4. The van der Waals surface area contributed by atoms with Crippen LogP contribution in [-0.4, -0.2) is 29.8 Å². The lowest BCUT2D eigenvalue weighted by molar-refractivity contribution is 0.0600. The van der Waals surface area contributed by atoms with Crippen molar-refractivity contribution in [2.75, 3.05) is 17.7 Å². The summed E-state index contributed by atoms with van der Waals surface area (Å²) in [6.45, 7) is 1.47. The van der Waals surface area contributed by atoms with E-state index in [9.17, 15) is 14.4 Å². The van der Waals surface area contributed by atoms with Crippen molar-refractivity contribution in [3.8, 4) is 0 Å². The van der Waals surface area contributed by atoms with Crippen LogP contribution < -0.4 is 10.6 Å². The number of carbonyl (C=O) groups excluding carboxylic acids is 3. The van der Waals surface area contributed by atoms with Crippen molar-refractivity contribution < 1.29 is 19.1 Å². The Labute approximate surface area is 167 Å². The third-order valence-corrected chi connectivity index (χ3v) is 4.10. The van der Waals surface area contributed by atoms with Crippen molar-refractivity contribution >= 4 is 34.7 Å². The van der Waals surface area contributed by atoms with Gasteiger partial charge in [-0.25, -0.2) is 4.79 Å². The topological polar surface area (TPSA) is 97.4 Å². The quantitative estimate of drug-likeness (QED) is 0.487. The molecule has 7 nitrogen and oxygen atoms in total. The third kappa shape index (κ3) is 5.04. The van der Waals surface area contributed by atoms with Crippen LogP contribution in [0.5, 0.6) is 0 Å². The molecule has 0 saturated carbocycles. The largest absolute Gasteiger partial charge is 0.465 e. The first-order chi connectivity index (χ1) is 14.0. The summed E-state index contributed by atoms with van der Waals surface area (Å²) in [5, 5.41) is 5.87. The van der Waals surface area contributed by atoms with Gasteiger partial charge in [0.2, 0.25) is 0 Å². The molecule has 0 spiro atoms. The van der Waals surface area contributed by atoms with Crippen molar-refractivity contribution in [1.29, 1.82) is 0 Å². The van der Waals surface area contributed by atoms with Crippen molar-refractivity contribution in [3.05, 3.63) is 83.7 Å². The number of benzene rings is 2. The van der Waals surface area contributed by atoms with E-state index in [2.05, 4.69) is 15.6 Å². The number of aromatic nitrogens is 1. The number of esters is 1. The molecule has 3 aromatic rings. The van der Waals surface area contributed by atoms with Gasteiger partial charge in [0.15, 0.2) is 5.78 Å². The van der Waals surface area contributed by atoms with Gasteiger partial charge in [-0.15, -0.1) is 0 Å². The van der Waals surface area contributed by atoms with Gasteiger partial charge < -0.3 is 15.4 Å². The van der Waals surface area contributed by atoms with E-state index in [1.165, 1.54) is 20.2 Å². The number of anilines is 3. The Morgan fingerprint density at radius 1 is 0.828 bits per heavy atom. The first-order valence-electron chi connectivity index (χ1n) is 8.79. The minimum Gasteiger partial charge on any atom is -0.465 e. The minimum absolute atomic E-state index is 0.0804. The number of nitrogens with one attached hydrogen (secondary N) is 2. The summed E-state index contributed by atoms with van der Waals surface area (Å²) in [5.41, 5.74) is 3.02. The van der Waals surface area contributed by atoms with Crippen molar-refractivity contribution in [3.63, 3.8) is 0 Å². The van der Waals surface area contributed by atoms with Crippen molar-refractivity contribution in [2.24, 2.45) is 0 Å². The molecule has 0 radical (unpaired) electrons. The molecule has 0 fully saturated rings. The Balaban J connectivity index is 1.75. The maximum atomic E-state index is 12.6. The average molecular weight is 389 g/mol. The minimum atomic E-state index is -0.437. The van der Waals surface area contributed by atoms with E-state index in [-0.39, 0.29) is 11.7 Å². The van der Waals surface area contributed by atoms with Gasteiger partial charge in [-0.05, 0) is 43.3 Å². The maximum absolute atomic E-state index is 12.6. The first-order valence-corrected chi connectivity index (χ1v) is 8.79. The second-order valence-corrected chi connectivity index (χ2v) is 6.25. The zero-order valence-corrected chi connectivity index (χ0v) is 15.9. The second-order valence-electron chi connectivity index (χ2n) is 6.25. The molecule has 0 bridgehead atoms. The zero-order chi connectivity index (χ0) is 20.8. The molecule has 7 heteroatoms. The summed E-state index contributed by atoms with van der Waals surface area (Å²) in [6.07, 6.45) is 3.01. The zero-order valence-electron chi connectivity index (χ0n) is 15.9. The molecule has 1 heterocycles. The summed E-state index contributed by atoms with van der Waals surface area (Å²) < 4.78 is 4.72. The molecule has 1 aromatic heterocycles. The highest BCUT2D eigenvalue weighted by Gasteiger charge is 2.10. The van der Waals surface area contributed by atoms with Gasteiger partial charge in [0.1, 0.15) is 0 Å². The molecule has 2 aromatic carbocycles. The molecule has 2 N–H and O–H groups in total. The highest BCUT2D eigenvalue weighted by atomic mass is 16.5. The van der Waals surface area contributed by atoms with Gasteiger partial charge in [0.25, 0.3) is 5.91 Å². The lowest BCUT2D eigenvalue weighted by atomic mass is 10.1. The van der Waals surface area contributed by atoms with Gasteiger partial charge in [0, 0.05) is 23.1 Å². The molecule has 0 aliphatic heterocycles. The van der Waals surface area contributed by atoms with E-state index >= 15 is 0 Å². The van der Waals surface area contributed by atoms with Crippen LogP contribution in [0.15, 0.2) is 67.0 Å². The van der Waals surface area contributed by atoms with Crippen LogP contribution in [0.1, 0.15) is 38.0 Å². The van der Waals surface area contributed by atoms with Crippen molar-refractivity contribution in [2.45, 2.75) is 6.92 Å². The summed E-state index contributed by atoms with van der Waals surface area (Å²) >= 11 is 0. The van der Waals surface area contributed by atoms with Crippen LogP contribution in [0.2, 0.25) is 0 Å². The Hall–Kier alpha value is -4.00.